The normalized spacial score (nSPS) is 10.7. The van der Waals surface area contributed by atoms with Crippen molar-refractivity contribution in [3.63, 3.8) is 0 Å². The maximum atomic E-state index is 12.4. The summed E-state index contributed by atoms with van der Waals surface area (Å²) in [5.74, 6) is 1.20. The highest BCUT2D eigenvalue weighted by Crippen LogP contribution is 2.17. The number of hydrogen-bond donors (Lipinski definition) is 2. The quantitative estimate of drug-likeness (QED) is 0.409. The molecule has 9 nitrogen and oxygen atoms in total. The molecule has 10 heteroatoms. The van der Waals surface area contributed by atoms with Crippen LogP contribution in [0.3, 0.4) is 0 Å². The van der Waals surface area contributed by atoms with Gasteiger partial charge in [0.1, 0.15) is 17.9 Å². The van der Waals surface area contributed by atoms with Crippen molar-refractivity contribution in [3.8, 4) is 11.6 Å². The van der Waals surface area contributed by atoms with E-state index < -0.39 is 0 Å². The monoisotopic (exact) mass is 437 g/mol. The first kappa shape index (κ1) is 20.4. The first-order chi connectivity index (χ1) is 15.1. The largest absolute Gasteiger partial charge is 0.492 e. The van der Waals surface area contributed by atoms with Crippen molar-refractivity contribution in [3.05, 3.63) is 83.4 Å². The zero-order chi connectivity index (χ0) is 21.6. The minimum absolute atomic E-state index is 0.161. The summed E-state index contributed by atoms with van der Waals surface area (Å²) in [4.78, 5) is 16.8. The van der Waals surface area contributed by atoms with Crippen molar-refractivity contribution in [2.45, 2.75) is 6.54 Å². The Bertz CT molecular complexity index is 1160. The van der Waals surface area contributed by atoms with Crippen LogP contribution in [0.2, 0.25) is 5.02 Å². The molecule has 0 radical (unpaired) electrons. The number of hydrogen-bond acceptors (Lipinski definition) is 6. The Labute approximate surface area is 183 Å². The summed E-state index contributed by atoms with van der Waals surface area (Å²) in [6, 6.07) is 12.7. The predicted octanol–water partition coefficient (Wildman–Crippen LogP) is 2.56. The number of ether oxygens (including phenoxy) is 1. The Hall–Kier alpha value is -3.85. The molecule has 0 spiro atoms. The van der Waals surface area contributed by atoms with E-state index in [1.54, 1.807) is 52.2 Å². The predicted molar refractivity (Wildman–Crippen MR) is 116 cm³/mol. The van der Waals surface area contributed by atoms with Crippen LogP contribution >= 0.6 is 11.6 Å². The van der Waals surface area contributed by atoms with Crippen LogP contribution in [0.5, 0.6) is 5.75 Å². The minimum Gasteiger partial charge on any atom is -0.492 e. The molecule has 4 aromatic rings. The van der Waals surface area contributed by atoms with Crippen LogP contribution in [-0.2, 0) is 6.54 Å². The molecule has 4 rings (SSSR count). The number of carbonyl (C=O) groups is 1. The summed E-state index contributed by atoms with van der Waals surface area (Å²) in [6.07, 6.45) is 6.87. The molecule has 0 aliphatic heterocycles. The van der Waals surface area contributed by atoms with E-state index in [0.717, 1.165) is 5.56 Å². The molecule has 0 unspecified atom stereocenters. The summed E-state index contributed by atoms with van der Waals surface area (Å²) < 4.78 is 8.84. The number of anilines is 1. The van der Waals surface area contributed by atoms with Gasteiger partial charge in [0.25, 0.3) is 5.91 Å². The number of nitrogens with two attached hydrogens (primary N) is 1. The fraction of sp³-hybridized carbons (Fsp3) is 0.143. The number of halogens is 1. The summed E-state index contributed by atoms with van der Waals surface area (Å²) in [5, 5.41) is 11.7. The molecular weight excluding hydrogens is 418 g/mol. The third-order valence-corrected chi connectivity index (χ3v) is 4.62. The molecular formula is C21H20ClN7O2. The fourth-order valence-corrected chi connectivity index (χ4v) is 3.10. The van der Waals surface area contributed by atoms with Crippen LogP contribution in [0.1, 0.15) is 15.9 Å². The smallest absolute Gasteiger partial charge is 0.256 e. The third-order valence-electron chi connectivity index (χ3n) is 4.38. The van der Waals surface area contributed by atoms with E-state index >= 15 is 0 Å². The number of nitrogens with zero attached hydrogens (tertiary/aromatic N) is 5. The lowest BCUT2D eigenvalue weighted by Crippen LogP contribution is -2.28. The summed E-state index contributed by atoms with van der Waals surface area (Å²) in [7, 11) is 0. The van der Waals surface area contributed by atoms with Gasteiger partial charge in [-0.15, -0.1) is 0 Å². The lowest BCUT2D eigenvalue weighted by molar-refractivity contribution is 0.0947. The highest BCUT2D eigenvalue weighted by Gasteiger charge is 2.14. The Morgan fingerprint density at radius 2 is 2.13 bits per heavy atom. The molecule has 3 N–H and O–H groups in total. The van der Waals surface area contributed by atoms with Crippen LogP contribution < -0.4 is 15.8 Å². The SMILES string of the molecule is Nc1nn(Cc2ccc(-n3cccn3)nc2)cc1C(=O)NCCOc1cccc(Cl)c1. The summed E-state index contributed by atoms with van der Waals surface area (Å²) in [5.41, 5.74) is 7.16. The lowest BCUT2D eigenvalue weighted by Gasteiger charge is -2.07. The molecule has 158 valence electrons. The first-order valence-electron chi connectivity index (χ1n) is 9.53. The molecule has 0 aliphatic rings. The van der Waals surface area contributed by atoms with Crippen LogP contribution in [0, 0.1) is 0 Å². The number of amides is 1. The number of nitrogen functional groups attached to an aromatic ring is 1. The Morgan fingerprint density at radius 3 is 2.87 bits per heavy atom. The standard InChI is InChI=1S/C21H20ClN7O2/c22-16-3-1-4-17(11-16)31-10-8-24-21(30)18-14-28(27-20(18)23)13-15-5-6-19(25-12-15)29-9-2-7-26-29/h1-7,9,11-12,14H,8,10,13H2,(H2,23,27)(H,24,30). The lowest BCUT2D eigenvalue weighted by atomic mass is 10.3. The van der Waals surface area contributed by atoms with E-state index in [-0.39, 0.29) is 11.7 Å². The topological polar surface area (TPSA) is 113 Å². The average molecular weight is 438 g/mol. The van der Waals surface area contributed by atoms with Gasteiger partial charge in [-0.2, -0.15) is 10.2 Å². The number of pyridine rings is 1. The maximum Gasteiger partial charge on any atom is 0.256 e. The molecule has 3 aromatic heterocycles. The second-order valence-corrected chi connectivity index (χ2v) is 7.10. The van der Waals surface area contributed by atoms with E-state index in [0.29, 0.717) is 41.8 Å². The highest BCUT2D eigenvalue weighted by atomic mass is 35.5. The van der Waals surface area contributed by atoms with Crippen molar-refractivity contribution in [2.24, 2.45) is 0 Å². The van der Waals surface area contributed by atoms with Gasteiger partial charge >= 0.3 is 0 Å². The fourth-order valence-electron chi connectivity index (χ4n) is 2.91. The van der Waals surface area contributed by atoms with Crippen molar-refractivity contribution in [2.75, 3.05) is 18.9 Å². The molecule has 0 bridgehead atoms. The van der Waals surface area contributed by atoms with Gasteiger partial charge in [0, 0.05) is 29.8 Å². The Morgan fingerprint density at radius 1 is 1.23 bits per heavy atom. The van der Waals surface area contributed by atoms with Gasteiger partial charge < -0.3 is 15.8 Å². The van der Waals surface area contributed by atoms with E-state index in [1.807, 2.05) is 24.4 Å². The molecule has 0 saturated heterocycles. The van der Waals surface area contributed by atoms with Gasteiger partial charge in [0.2, 0.25) is 0 Å². The molecule has 1 amide bonds. The van der Waals surface area contributed by atoms with Crippen molar-refractivity contribution in [1.82, 2.24) is 29.9 Å². The van der Waals surface area contributed by atoms with Crippen molar-refractivity contribution in [1.29, 1.82) is 0 Å². The molecule has 31 heavy (non-hydrogen) atoms. The third kappa shape index (κ3) is 5.20. The van der Waals surface area contributed by atoms with Gasteiger partial charge in [-0.25, -0.2) is 9.67 Å². The van der Waals surface area contributed by atoms with Crippen LogP contribution in [0.4, 0.5) is 5.82 Å². The van der Waals surface area contributed by atoms with E-state index in [9.17, 15) is 4.79 Å². The average Bonchev–Trinajstić information content (AvgIpc) is 3.42. The van der Waals surface area contributed by atoms with Crippen molar-refractivity contribution < 1.29 is 9.53 Å². The highest BCUT2D eigenvalue weighted by molar-refractivity contribution is 6.30. The van der Waals surface area contributed by atoms with E-state index in [2.05, 4.69) is 20.5 Å². The second kappa shape index (κ2) is 9.31. The zero-order valence-corrected chi connectivity index (χ0v) is 17.2. The van der Waals surface area contributed by atoms with Gasteiger partial charge in [-0.1, -0.05) is 23.7 Å². The number of carbonyl (C=O) groups excluding carboxylic acids is 1. The number of benzene rings is 1. The summed E-state index contributed by atoms with van der Waals surface area (Å²) >= 11 is 5.92. The molecule has 0 saturated carbocycles. The van der Waals surface area contributed by atoms with Gasteiger partial charge in [0.05, 0.1) is 13.1 Å². The first-order valence-corrected chi connectivity index (χ1v) is 9.91. The second-order valence-electron chi connectivity index (χ2n) is 6.66. The number of aromatic nitrogens is 5. The van der Waals surface area contributed by atoms with E-state index in [4.69, 9.17) is 22.1 Å². The number of rotatable bonds is 8. The molecule has 0 atom stereocenters. The molecule has 1 aromatic carbocycles. The van der Waals surface area contributed by atoms with Crippen molar-refractivity contribution >= 4 is 23.3 Å². The number of nitrogens with one attached hydrogen (secondary N) is 1. The molecule has 0 aliphatic carbocycles. The van der Waals surface area contributed by atoms with Gasteiger partial charge in [-0.05, 0) is 35.9 Å². The molecule has 3 heterocycles. The van der Waals surface area contributed by atoms with Crippen LogP contribution in [0.25, 0.3) is 5.82 Å². The van der Waals surface area contributed by atoms with Crippen LogP contribution in [0.15, 0.2) is 67.3 Å². The molecule has 0 fully saturated rings. The Kier molecular flexibility index (Phi) is 6.13. The zero-order valence-electron chi connectivity index (χ0n) is 16.5. The summed E-state index contributed by atoms with van der Waals surface area (Å²) in [6.45, 7) is 1.05. The van der Waals surface area contributed by atoms with Gasteiger partial charge in [-0.3, -0.25) is 9.48 Å². The Balaban J connectivity index is 1.31. The van der Waals surface area contributed by atoms with Gasteiger partial charge in [0.15, 0.2) is 11.6 Å². The van der Waals surface area contributed by atoms with E-state index in [1.165, 1.54) is 0 Å². The minimum atomic E-state index is -0.314. The van der Waals surface area contributed by atoms with Crippen LogP contribution in [-0.4, -0.2) is 43.6 Å². The maximum absolute atomic E-state index is 12.4.